The standard InChI is InChI=1S/C15H20N2O3S/c1-11-16-14(13-5-3-2-4-6-13)15(18)17(11)9-12-7-8-21(19,20)10-12/h2-6,11-12,14,16H,7-10H2,1H3. The van der Waals surface area contributed by atoms with Crippen LogP contribution >= 0.6 is 0 Å². The molecule has 21 heavy (non-hydrogen) atoms. The van der Waals surface area contributed by atoms with Crippen LogP contribution in [0.5, 0.6) is 0 Å². The van der Waals surface area contributed by atoms with E-state index in [-0.39, 0.29) is 35.5 Å². The molecule has 3 rings (SSSR count). The predicted molar refractivity (Wildman–Crippen MR) is 80.3 cm³/mol. The second-order valence-electron chi connectivity index (χ2n) is 5.95. The Morgan fingerprint density at radius 1 is 1.29 bits per heavy atom. The summed E-state index contributed by atoms with van der Waals surface area (Å²) in [6, 6.07) is 9.31. The van der Waals surface area contributed by atoms with Gasteiger partial charge in [0.1, 0.15) is 6.04 Å². The fraction of sp³-hybridized carbons (Fsp3) is 0.533. The number of rotatable bonds is 3. The lowest BCUT2D eigenvalue weighted by atomic mass is 10.1. The highest BCUT2D eigenvalue weighted by atomic mass is 32.2. The van der Waals surface area contributed by atoms with Crippen LogP contribution in [0.25, 0.3) is 0 Å². The van der Waals surface area contributed by atoms with Crippen LogP contribution in [-0.2, 0) is 14.6 Å². The number of nitrogens with one attached hydrogen (secondary N) is 1. The largest absolute Gasteiger partial charge is 0.325 e. The van der Waals surface area contributed by atoms with Crippen LogP contribution in [0.2, 0.25) is 0 Å². The van der Waals surface area contributed by atoms with Gasteiger partial charge in [-0.1, -0.05) is 30.3 Å². The van der Waals surface area contributed by atoms with Gasteiger partial charge in [-0.25, -0.2) is 8.42 Å². The number of sulfone groups is 1. The minimum absolute atomic E-state index is 0.0398. The average molecular weight is 308 g/mol. The second kappa shape index (κ2) is 5.42. The van der Waals surface area contributed by atoms with E-state index in [0.717, 1.165) is 5.56 Å². The Hall–Kier alpha value is -1.40. The first kappa shape index (κ1) is 14.5. The van der Waals surface area contributed by atoms with Crippen LogP contribution in [0.15, 0.2) is 30.3 Å². The predicted octanol–water partition coefficient (Wildman–Crippen LogP) is 0.940. The molecule has 1 aromatic carbocycles. The van der Waals surface area contributed by atoms with E-state index in [0.29, 0.717) is 13.0 Å². The normalized spacial score (nSPS) is 31.8. The Kier molecular flexibility index (Phi) is 3.75. The fourth-order valence-electron chi connectivity index (χ4n) is 3.19. The smallest absolute Gasteiger partial charge is 0.245 e. The summed E-state index contributed by atoms with van der Waals surface area (Å²) in [4.78, 5) is 14.4. The molecule has 5 nitrogen and oxygen atoms in total. The van der Waals surface area contributed by atoms with E-state index in [4.69, 9.17) is 0 Å². The Balaban J connectivity index is 1.71. The van der Waals surface area contributed by atoms with Crippen LogP contribution in [0, 0.1) is 5.92 Å². The van der Waals surface area contributed by atoms with E-state index in [9.17, 15) is 13.2 Å². The molecule has 2 fully saturated rings. The second-order valence-corrected chi connectivity index (χ2v) is 8.17. The molecule has 3 unspecified atom stereocenters. The van der Waals surface area contributed by atoms with Crippen LogP contribution in [0.3, 0.4) is 0 Å². The van der Waals surface area contributed by atoms with Gasteiger partial charge in [0.15, 0.2) is 9.84 Å². The molecule has 2 aliphatic rings. The molecular formula is C15H20N2O3S. The number of carbonyl (C=O) groups excluding carboxylic acids is 1. The molecule has 6 heteroatoms. The van der Waals surface area contributed by atoms with Crippen LogP contribution in [0.1, 0.15) is 24.9 Å². The Bertz CT molecular complexity index is 630. The highest BCUT2D eigenvalue weighted by Crippen LogP contribution is 2.27. The maximum atomic E-state index is 12.6. The van der Waals surface area contributed by atoms with Crippen molar-refractivity contribution >= 4 is 15.7 Å². The van der Waals surface area contributed by atoms with Crippen molar-refractivity contribution in [3.63, 3.8) is 0 Å². The molecule has 1 amide bonds. The van der Waals surface area contributed by atoms with E-state index in [2.05, 4.69) is 5.32 Å². The van der Waals surface area contributed by atoms with Gasteiger partial charge >= 0.3 is 0 Å². The van der Waals surface area contributed by atoms with Crippen molar-refractivity contribution in [1.29, 1.82) is 0 Å². The molecule has 2 aliphatic heterocycles. The SMILES string of the molecule is CC1NC(c2ccccc2)C(=O)N1CC1CCS(=O)(=O)C1. The monoisotopic (exact) mass is 308 g/mol. The van der Waals surface area contributed by atoms with Crippen LogP contribution < -0.4 is 5.32 Å². The number of benzene rings is 1. The number of amides is 1. The molecular weight excluding hydrogens is 288 g/mol. The zero-order valence-corrected chi connectivity index (χ0v) is 12.8. The van der Waals surface area contributed by atoms with Crippen molar-refractivity contribution in [3.8, 4) is 0 Å². The Labute approximate surface area is 125 Å². The lowest BCUT2D eigenvalue weighted by Crippen LogP contribution is -2.38. The molecule has 0 radical (unpaired) electrons. The maximum absolute atomic E-state index is 12.6. The maximum Gasteiger partial charge on any atom is 0.245 e. The number of hydrogen-bond acceptors (Lipinski definition) is 4. The van der Waals surface area contributed by atoms with Gasteiger partial charge in [-0.05, 0) is 24.8 Å². The molecule has 0 saturated carbocycles. The lowest BCUT2D eigenvalue weighted by molar-refractivity contribution is -0.130. The highest BCUT2D eigenvalue weighted by molar-refractivity contribution is 7.91. The number of nitrogens with zero attached hydrogens (tertiary/aromatic N) is 1. The van der Waals surface area contributed by atoms with Gasteiger partial charge in [-0.3, -0.25) is 10.1 Å². The molecule has 1 aromatic rings. The molecule has 0 aliphatic carbocycles. The van der Waals surface area contributed by atoms with Gasteiger partial charge in [0.05, 0.1) is 17.7 Å². The van der Waals surface area contributed by atoms with Gasteiger partial charge in [-0.15, -0.1) is 0 Å². The minimum Gasteiger partial charge on any atom is -0.325 e. The summed E-state index contributed by atoms with van der Waals surface area (Å²) >= 11 is 0. The van der Waals surface area contributed by atoms with Crippen LogP contribution in [0.4, 0.5) is 0 Å². The first-order chi connectivity index (χ1) is 9.96. The van der Waals surface area contributed by atoms with Gasteiger partial charge in [0, 0.05) is 6.54 Å². The van der Waals surface area contributed by atoms with Gasteiger partial charge in [0.2, 0.25) is 5.91 Å². The average Bonchev–Trinajstić information content (AvgIpc) is 2.94. The van der Waals surface area contributed by atoms with Crippen molar-refractivity contribution < 1.29 is 13.2 Å². The van der Waals surface area contributed by atoms with Crippen molar-refractivity contribution in [3.05, 3.63) is 35.9 Å². The highest BCUT2D eigenvalue weighted by Gasteiger charge is 2.40. The molecule has 2 saturated heterocycles. The van der Waals surface area contributed by atoms with E-state index >= 15 is 0 Å². The molecule has 2 heterocycles. The third-order valence-electron chi connectivity index (χ3n) is 4.32. The summed E-state index contributed by atoms with van der Waals surface area (Å²) < 4.78 is 23.1. The first-order valence-corrected chi connectivity index (χ1v) is 9.10. The zero-order chi connectivity index (χ0) is 15.0. The third kappa shape index (κ3) is 2.96. The summed E-state index contributed by atoms with van der Waals surface area (Å²) in [6.45, 7) is 2.47. The summed E-state index contributed by atoms with van der Waals surface area (Å²) in [7, 11) is -2.90. The van der Waals surface area contributed by atoms with Gasteiger partial charge in [0.25, 0.3) is 0 Å². The van der Waals surface area contributed by atoms with E-state index in [1.807, 2.05) is 37.3 Å². The van der Waals surface area contributed by atoms with Crippen molar-refractivity contribution in [2.75, 3.05) is 18.1 Å². The molecule has 0 bridgehead atoms. The van der Waals surface area contributed by atoms with E-state index in [1.165, 1.54) is 0 Å². The summed E-state index contributed by atoms with van der Waals surface area (Å²) in [5, 5.41) is 3.29. The summed E-state index contributed by atoms with van der Waals surface area (Å²) in [5.41, 5.74) is 0.955. The Morgan fingerprint density at radius 3 is 2.62 bits per heavy atom. The third-order valence-corrected chi connectivity index (χ3v) is 6.16. The van der Waals surface area contributed by atoms with Crippen molar-refractivity contribution in [2.24, 2.45) is 5.92 Å². The lowest BCUT2D eigenvalue weighted by Gasteiger charge is -2.23. The van der Waals surface area contributed by atoms with Crippen molar-refractivity contribution in [1.82, 2.24) is 10.2 Å². The van der Waals surface area contributed by atoms with Crippen LogP contribution in [-0.4, -0.2) is 43.4 Å². The molecule has 3 atom stereocenters. The molecule has 114 valence electrons. The molecule has 1 N–H and O–H groups in total. The Morgan fingerprint density at radius 2 is 2.00 bits per heavy atom. The summed E-state index contributed by atoms with van der Waals surface area (Å²) in [5.74, 6) is 0.569. The van der Waals surface area contributed by atoms with E-state index in [1.54, 1.807) is 4.90 Å². The quantitative estimate of drug-likeness (QED) is 0.902. The number of carbonyl (C=O) groups is 1. The van der Waals surface area contributed by atoms with Crippen molar-refractivity contribution in [2.45, 2.75) is 25.6 Å². The van der Waals surface area contributed by atoms with Gasteiger partial charge in [-0.2, -0.15) is 0 Å². The minimum atomic E-state index is -2.90. The van der Waals surface area contributed by atoms with E-state index < -0.39 is 9.84 Å². The topological polar surface area (TPSA) is 66.5 Å². The first-order valence-electron chi connectivity index (χ1n) is 7.28. The van der Waals surface area contributed by atoms with Gasteiger partial charge < -0.3 is 4.90 Å². The fourth-order valence-corrected chi connectivity index (χ4v) is 5.04. The zero-order valence-electron chi connectivity index (χ0n) is 12.0. The number of hydrogen-bond donors (Lipinski definition) is 1. The summed E-state index contributed by atoms with van der Waals surface area (Å²) in [6.07, 6.45) is 0.598. The molecule has 0 aromatic heterocycles. The molecule has 0 spiro atoms.